The van der Waals surface area contributed by atoms with E-state index in [-0.39, 0.29) is 16.6 Å². The summed E-state index contributed by atoms with van der Waals surface area (Å²) in [6, 6.07) is 14.0. The highest BCUT2D eigenvalue weighted by Crippen LogP contribution is 2.20. The molecule has 11 heteroatoms. The van der Waals surface area contributed by atoms with E-state index < -0.39 is 10.0 Å². The molecule has 0 bridgehead atoms. The second-order valence-corrected chi connectivity index (χ2v) is 8.74. The normalized spacial score (nSPS) is 11.4. The number of nitrogens with two attached hydrogens (primary N) is 1. The van der Waals surface area contributed by atoms with Crippen LogP contribution < -0.4 is 10.5 Å². The van der Waals surface area contributed by atoms with E-state index >= 15 is 0 Å². The molecule has 152 valence electrons. The Morgan fingerprint density at radius 3 is 2.59 bits per heavy atom. The SMILES string of the molecule is Cc1ccccc1-n1nnnc1SCC(=O)NCCc1ccc(S(N)(=O)=O)cc1. The molecule has 3 N–H and O–H groups in total. The number of hydrogen-bond acceptors (Lipinski definition) is 7. The van der Waals surface area contributed by atoms with E-state index in [4.69, 9.17) is 5.14 Å². The molecule has 1 amide bonds. The number of hydrogen-bond donors (Lipinski definition) is 2. The summed E-state index contributed by atoms with van der Waals surface area (Å²) in [6.07, 6.45) is 0.572. The first-order valence-electron chi connectivity index (χ1n) is 8.70. The van der Waals surface area contributed by atoms with Gasteiger partial charge in [0, 0.05) is 6.54 Å². The molecule has 3 rings (SSSR count). The van der Waals surface area contributed by atoms with Crippen molar-refractivity contribution in [1.29, 1.82) is 0 Å². The van der Waals surface area contributed by atoms with Crippen molar-refractivity contribution >= 4 is 27.7 Å². The van der Waals surface area contributed by atoms with Crippen LogP contribution in [0, 0.1) is 6.92 Å². The predicted molar refractivity (Wildman–Crippen MR) is 109 cm³/mol. The Hall–Kier alpha value is -2.76. The Morgan fingerprint density at radius 1 is 1.17 bits per heavy atom. The van der Waals surface area contributed by atoms with Crippen LogP contribution >= 0.6 is 11.8 Å². The smallest absolute Gasteiger partial charge is 0.238 e. The number of tetrazole rings is 1. The van der Waals surface area contributed by atoms with Gasteiger partial charge in [-0.25, -0.2) is 13.6 Å². The summed E-state index contributed by atoms with van der Waals surface area (Å²) in [7, 11) is -3.70. The molecule has 2 aromatic carbocycles. The van der Waals surface area contributed by atoms with Crippen molar-refractivity contribution < 1.29 is 13.2 Å². The van der Waals surface area contributed by atoms with Crippen LogP contribution in [0.3, 0.4) is 0 Å². The number of carbonyl (C=O) groups is 1. The number of para-hydroxylation sites is 1. The van der Waals surface area contributed by atoms with Gasteiger partial charge >= 0.3 is 0 Å². The molecule has 9 nitrogen and oxygen atoms in total. The molecule has 0 saturated carbocycles. The van der Waals surface area contributed by atoms with Crippen LogP contribution in [-0.2, 0) is 21.2 Å². The van der Waals surface area contributed by atoms with Crippen molar-refractivity contribution in [1.82, 2.24) is 25.5 Å². The van der Waals surface area contributed by atoms with Crippen LogP contribution in [-0.4, -0.2) is 46.8 Å². The summed E-state index contributed by atoms with van der Waals surface area (Å²) in [5.41, 5.74) is 2.79. The van der Waals surface area contributed by atoms with Crippen molar-refractivity contribution in [2.24, 2.45) is 5.14 Å². The van der Waals surface area contributed by atoms with E-state index in [9.17, 15) is 13.2 Å². The van der Waals surface area contributed by atoms with Gasteiger partial charge in [0.15, 0.2) is 0 Å². The first-order chi connectivity index (χ1) is 13.8. The second-order valence-electron chi connectivity index (χ2n) is 6.24. The maximum Gasteiger partial charge on any atom is 0.238 e. The zero-order valence-electron chi connectivity index (χ0n) is 15.6. The van der Waals surface area contributed by atoms with Crippen LogP contribution in [0.4, 0.5) is 0 Å². The average Bonchev–Trinajstić information content (AvgIpc) is 3.15. The standard InChI is InChI=1S/C18H20N6O3S2/c1-13-4-2-3-5-16(13)24-18(21-22-23-24)28-12-17(25)20-11-10-14-6-8-15(9-7-14)29(19,26)27/h2-9H,10-12H2,1H3,(H,20,25)(H2,19,26,27). The van der Waals surface area contributed by atoms with Crippen molar-refractivity contribution in [3.05, 3.63) is 59.7 Å². The predicted octanol–water partition coefficient (Wildman–Crippen LogP) is 1.07. The number of aryl methyl sites for hydroxylation is 1. The van der Waals surface area contributed by atoms with Crippen LogP contribution in [0.5, 0.6) is 0 Å². The third-order valence-electron chi connectivity index (χ3n) is 4.10. The van der Waals surface area contributed by atoms with Gasteiger partial charge in [0.05, 0.1) is 16.3 Å². The Labute approximate surface area is 172 Å². The van der Waals surface area contributed by atoms with Crippen molar-refractivity contribution in [3.8, 4) is 5.69 Å². The molecule has 1 aromatic heterocycles. The van der Waals surface area contributed by atoms with Crippen LogP contribution in [0.15, 0.2) is 58.6 Å². The number of carbonyl (C=O) groups excluding carboxylic acids is 1. The fourth-order valence-corrected chi connectivity index (χ4v) is 3.82. The van der Waals surface area contributed by atoms with E-state index in [1.165, 1.54) is 23.9 Å². The van der Waals surface area contributed by atoms with E-state index in [2.05, 4.69) is 20.8 Å². The summed E-state index contributed by atoms with van der Waals surface area (Å²) in [5.74, 6) is 0.0341. The number of sulfonamides is 1. The summed E-state index contributed by atoms with van der Waals surface area (Å²) in [4.78, 5) is 12.2. The zero-order valence-corrected chi connectivity index (χ0v) is 17.3. The maximum atomic E-state index is 12.1. The zero-order chi connectivity index (χ0) is 20.9. The summed E-state index contributed by atoms with van der Waals surface area (Å²) < 4.78 is 24.1. The third-order valence-corrected chi connectivity index (χ3v) is 5.95. The van der Waals surface area contributed by atoms with Gasteiger partial charge in [-0.05, 0) is 53.1 Å². The molecule has 0 saturated heterocycles. The molecule has 29 heavy (non-hydrogen) atoms. The van der Waals surface area contributed by atoms with Gasteiger partial charge in [-0.1, -0.05) is 42.1 Å². The number of aromatic nitrogens is 4. The molecular weight excluding hydrogens is 412 g/mol. The number of benzene rings is 2. The number of amides is 1. The molecule has 0 unspecified atom stereocenters. The Morgan fingerprint density at radius 2 is 1.90 bits per heavy atom. The van der Waals surface area contributed by atoms with E-state index in [0.29, 0.717) is 18.1 Å². The van der Waals surface area contributed by atoms with Crippen molar-refractivity contribution in [3.63, 3.8) is 0 Å². The lowest BCUT2D eigenvalue weighted by Gasteiger charge is -2.08. The monoisotopic (exact) mass is 432 g/mol. The minimum absolute atomic E-state index is 0.0630. The highest BCUT2D eigenvalue weighted by Gasteiger charge is 2.13. The molecule has 3 aromatic rings. The van der Waals surface area contributed by atoms with E-state index in [1.807, 2.05) is 31.2 Å². The fraction of sp³-hybridized carbons (Fsp3) is 0.222. The summed E-state index contributed by atoms with van der Waals surface area (Å²) in [6.45, 7) is 2.39. The van der Waals surface area contributed by atoms with Gasteiger partial charge in [-0.2, -0.15) is 4.68 Å². The fourth-order valence-electron chi connectivity index (χ4n) is 2.59. The molecule has 1 heterocycles. The first kappa shape index (κ1) is 21.0. The number of thioether (sulfide) groups is 1. The lowest BCUT2D eigenvalue weighted by molar-refractivity contribution is -0.118. The minimum atomic E-state index is -3.70. The highest BCUT2D eigenvalue weighted by molar-refractivity contribution is 7.99. The molecule has 0 aliphatic rings. The highest BCUT2D eigenvalue weighted by atomic mass is 32.2. The van der Waals surface area contributed by atoms with Crippen LogP contribution in [0.1, 0.15) is 11.1 Å². The van der Waals surface area contributed by atoms with Crippen LogP contribution in [0.25, 0.3) is 5.69 Å². The molecule has 0 radical (unpaired) electrons. The van der Waals surface area contributed by atoms with Gasteiger partial charge in [-0.3, -0.25) is 4.79 Å². The second kappa shape index (κ2) is 9.16. The molecular formula is C18H20N6O3S2. The molecule has 0 aliphatic heterocycles. The first-order valence-corrected chi connectivity index (χ1v) is 11.2. The lowest BCUT2D eigenvalue weighted by Crippen LogP contribution is -2.27. The molecule has 0 fully saturated rings. The Bertz CT molecular complexity index is 1100. The van der Waals surface area contributed by atoms with Gasteiger partial charge < -0.3 is 5.32 Å². The number of rotatable bonds is 8. The van der Waals surface area contributed by atoms with E-state index in [1.54, 1.807) is 16.8 Å². The van der Waals surface area contributed by atoms with Crippen molar-refractivity contribution in [2.45, 2.75) is 23.4 Å². The average molecular weight is 433 g/mol. The quantitative estimate of drug-likeness (QED) is 0.509. The molecule has 0 atom stereocenters. The van der Waals surface area contributed by atoms with Gasteiger partial charge in [-0.15, -0.1) is 5.10 Å². The number of nitrogens with zero attached hydrogens (tertiary/aromatic N) is 4. The molecule has 0 spiro atoms. The largest absolute Gasteiger partial charge is 0.355 e. The lowest BCUT2D eigenvalue weighted by atomic mass is 10.1. The minimum Gasteiger partial charge on any atom is -0.355 e. The summed E-state index contributed by atoms with van der Waals surface area (Å²) in [5, 5.41) is 20.1. The van der Waals surface area contributed by atoms with Gasteiger partial charge in [0.25, 0.3) is 0 Å². The number of nitrogens with one attached hydrogen (secondary N) is 1. The number of primary sulfonamides is 1. The molecule has 0 aliphatic carbocycles. The maximum absolute atomic E-state index is 12.1. The van der Waals surface area contributed by atoms with E-state index in [0.717, 1.165) is 16.8 Å². The van der Waals surface area contributed by atoms with Gasteiger partial charge in [0.2, 0.25) is 21.1 Å². The third kappa shape index (κ3) is 5.62. The summed E-state index contributed by atoms with van der Waals surface area (Å²) >= 11 is 1.25. The van der Waals surface area contributed by atoms with Crippen LogP contribution in [0.2, 0.25) is 0 Å². The van der Waals surface area contributed by atoms with Gasteiger partial charge in [0.1, 0.15) is 0 Å². The Kier molecular flexibility index (Phi) is 6.62. The topological polar surface area (TPSA) is 133 Å². The van der Waals surface area contributed by atoms with Crippen molar-refractivity contribution in [2.75, 3.05) is 12.3 Å². The Balaban J connectivity index is 1.49.